The number of hydrogen-bond acceptors (Lipinski definition) is 5. The molecule has 7 nitrogen and oxygen atoms in total. The quantitative estimate of drug-likeness (QED) is 0.732. The molecule has 0 unspecified atom stereocenters. The fraction of sp³-hybridized carbons (Fsp3) is 0.368. The number of nitrogens with zero attached hydrogens (tertiary/aromatic N) is 2. The van der Waals surface area contributed by atoms with Gasteiger partial charge in [0.25, 0.3) is 0 Å². The second kappa shape index (κ2) is 8.66. The summed E-state index contributed by atoms with van der Waals surface area (Å²) >= 11 is 0. The van der Waals surface area contributed by atoms with Gasteiger partial charge in [-0.25, -0.2) is 17.8 Å². The second-order valence-corrected chi connectivity index (χ2v) is 8.39. The van der Waals surface area contributed by atoms with Crippen LogP contribution in [0.1, 0.15) is 25.3 Å². The van der Waals surface area contributed by atoms with Crippen LogP contribution in [0.25, 0.3) is 0 Å². The van der Waals surface area contributed by atoms with Crippen molar-refractivity contribution < 1.29 is 17.6 Å². The second-order valence-electron chi connectivity index (χ2n) is 6.71. The Bertz CT molecular complexity index is 946. The van der Waals surface area contributed by atoms with Gasteiger partial charge in [-0.1, -0.05) is 12.1 Å². The lowest BCUT2D eigenvalue weighted by atomic mass is 10.2. The van der Waals surface area contributed by atoms with E-state index in [1.54, 1.807) is 12.3 Å². The first-order chi connectivity index (χ1) is 13.4. The van der Waals surface area contributed by atoms with Gasteiger partial charge in [-0.2, -0.15) is 4.72 Å². The lowest BCUT2D eigenvalue weighted by molar-refractivity contribution is -0.122. The summed E-state index contributed by atoms with van der Waals surface area (Å²) < 4.78 is 40.5. The van der Waals surface area contributed by atoms with Gasteiger partial charge in [-0.15, -0.1) is 0 Å². The summed E-state index contributed by atoms with van der Waals surface area (Å²) in [6.45, 7) is 3.60. The van der Waals surface area contributed by atoms with Crippen molar-refractivity contribution in [3.8, 4) is 0 Å². The molecule has 0 aliphatic carbocycles. The van der Waals surface area contributed by atoms with E-state index < -0.39 is 32.7 Å². The maximum atomic E-state index is 13.7. The number of hydrogen-bond donors (Lipinski definition) is 2. The molecule has 0 spiro atoms. The first-order valence-corrected chi connectivity index (χ1v) is 10.6. The number of carbonyl (C=O) groups is 1. The molecule has 0 saturated carbocycles. The van der Waals surface area contributed by atoms with Crippen molar-refractivity contribution in [1.82, 2.24) is 15.0 Å². The first kappa shape index (κ1) is 20.2. The number of pyridine rings is 1. The summed E-state index contributed by atoms with van der Waals surface area (Å²) in [6, 6.07) is 7.69. The third-order valence-electron chi connectivity index (χ3n) is 4.56. The predicted octanol–water partition coefficient (Wildman–Crippen LogP) is 1.80. The molecule has 1 atom stereocenters. The average molecular weight is 406 g/mol. The van der Waals surface area contributed by atoms with Crippen LogP contribution in [-0.2, 0) is 21.4 Å². The summed E-state index contributed by atoms with van der Waals surface area (Å²) in [4.78, 5) is 18.4. The molecule has 2 aromatic rings. The molecule has 1 fully saturated rings. The number of nitrogens with one attached hydrogen (secondary N) is 2. The molecule has 1 aliphatic rings. The first-order valence-electron chi connectivity index (χ1n) is 9.11. The van der Waals surface area contributed by atoms with Gasteiger partial charge >= 0.3 is 0 Å². The van der Waals surface area contributed by atoms with Gasteiger partial charge in [0.15, 0.2) is 0 Å². The molecule has 1 aliphatic heterocycles. The predicted molar refractivity (Wildman–Crippen MR) is 104 cm³/mol. The topological polar surface area (TPSA) is 91.4 Å². The van der Waals surface area contributed by atoms with Gasteiger partial charge in [0.05, 0.1) is 6.04 Å². The van der Waals surface area contributed by atoms with Crippen LogP contribution < -0.4 is 14.9 Å². The van der Waals surface area contributed by atoms with Gasteiger partial charge in [0, 0.05) is 25.8 Å². The summed E-state index contributed by atoms with van der Waals surface area (Å²) in [6.07, 6.45) is 3.98. The smallest absolute Gasteiger partial charge is 0.244 e. The molecule has 150 valence electrons. The van der Waals surface area contributed by atoms with E-state index in [1.807, 2.05) is 6.07 Å². The lowest BCUT2D eigenvalue weighted by Crippen LogP contribution is -2.44. The van der Waals surface area contributed by atoms with E-state index in [0.717, 1.165) is 49.4 Å². The molecule has 1 aromatic heterocycles. The minimum atomic E-state index is -4.14. The third kappa shape index (κ3) is 4.85. The Balaban J connectivity index is 1.59. The number of rotatable bonds is 7. The van der Waals surface area contributed by atoms with Crippen LogP contribution >= 0.6 is 0 Å². The highest BCUT2D eigenvalue weighted by Gasteiger charge is 2.24. The average Bonchev–Trinajstić information content (AvgIpc) is 3.21. The Morgan fingerprint density at radius 1 is 1.25 bits per heavy atom. The van der Waals surface area contributed by atoms with Crippen LogP contribution in [0.3, 0.4) is 0 Å². The Kier molecular flexibility index (Phi) is 6.25. The molecular weight excluding hydrogens is 383 g/mol. The van der Waals surface area contributed by atoms with Crippen LogP contribution in [0.5, 0.6) is 0 Å². The largest absolute Gasteiger partial charge is 0.357 e. The molecule has 0 radical (unpaired) electrons. The van der Waals surface area contributed by atoms with E-state index in [-0.39, 0.29) is 6.54 Å². The Morgan fingerprint density at radius 2 is 1.96 bits per heavy atom. The van der Waals surface area contributed by atoms with Crippen molar-refractivity contribution in [3.05, 3.63) is 54.0 Å². The fourth-order valence-corrected chi connectivity index (χ4v) is 4.33. The maximum absolute atomic E-state index is 13.7. The van der Waals surface area contributed by atoms with Crippen LogP contribution in [0, 0.1) is 5.82 Å². The number of carbonyl (C=O) groups excluding carboxylic acids is 1. The summed E-state index contributed by atoms with van der Waals surface area (Å²) in [5, 5.41) is 2.70. The van der Waals surface area contributed by atoms with Crippen molar-refractivity contribution in [2.24, 2.45) is 0 Å². The SMILES string of the molecule is C[C@@H](NS(=O)(=O)c1ccccc1F)C(=O)NCc1ccnc(N2CCCC2)c1. The van der Waals surface area contributed by atoms with Crippen molar-refractivity contribution >= 4 is 21.7 Å². The monoisotopic (exact) mass is 406 g/mol. The molecule has 0 bridgehead atoms. The zero-order valence-electron chi connectivity index (χ0n) is 15.6. The number of sulfonamides is 1. The van der Waals surface area contributed by atoms with Crippen molar-refractivity contribution in [3.63, 3.8) is 0 Å². The van der Waals surface area contributed by atoms with Crippen LogP contribution in [-0.4, -0.2) is 38.4 Å². The lowest BCUT2D eigenvalue weighted by Gasteiger charge is -2.18. The molecule has 1 aromatic carbocycles. The number of benzene rings is 1. The molecule has 1 amide bonds. The molecule has 3 rings (SSSR count). The van der Waals surface area contributed by atoms with E-state index in [9.17, 15) is 17.6 Å². The van der Waals surface area contributed by atoms with Gasteiger partial charge in [-0.05, 0) is 49.6 Å². The Morgan fingerprint density at radius 3 is 2.68 bits per heavy atom. The Hall–Kier alpha value is -2.52. The highest BCUT2D eigenvalue weighted by molar-refractivity contribution is 7.89. The van der Waals surface area contributed by atoms with Gasteiger partial charge < -0.3 is 10.2 Å². The van der Waals surface area contributed by atoms with Gasteiger partial charge in [0.2, 0.25) is 15.9 Å². The molecule has 2 N–H and O–H groups in total. The zero-order valence-corrected chi connectivity index (χ0v) is 16.4. The summed E-state index contributed by atoms with van der Waals surface area (Å²) in [5.41, 5.74) is 0.870. The summed E-state index contributed by atoms with van der Waals surface area (Å²) in [7, 11) is -4.14. The molecule has 9 heteroatoms. The number of anilines is 1. The van der Waals surface area contributed by atoms with Crippen LogP contribution in [0.4, 0.5) is 10.2 Å². The molecule has 2 heterocycles. The van der Waals surface area contributed by atoms with Crippen molar-refractivity contribution in [2.45, 2.75) is 37.2 Å². The number of aromatic nitrogens is 1. The van der Waals surface area contributed by atoms with Crippen molar-refractivity contribution in [1.29, 1.82) is 0 Å². The minimum Gasteiger partial charge on any atom is -0.357 e. The van der Waals surface area contributed by atoms with Gasteiger partial charge in [-0.3, -0.25) is 4.79 Å². The van der Waals surface area contributed by atoms with E-state index in [0.29, 0.717) is 0 Å². The maximum Gasteiger partial charge on any atom is 0.244 e. The summed E-state index contributed by atoms with van der Waals surface area (Å²) in [5.74, 6) is -0.495. The van der Waals surface area contributed by atoms with E-state index >= 15 is 0 Å². The molecular formula is C19H23FN4O3S. The fourth-order valence-electron chi connectivity index (χ4n) is 3.04. The normalized spacial score (nSPS) is 15.4. The third-order valence-corrected chi connectivity index (χ3v) is 6.13. The van der Waals surface area contributed by atoms with Gasteiger partial charge in [0.1, 0.15) is 16.5 Å². The molecule has 28 heavy (non-hydrogen) atoms. The van der Waals surface area contributed by atoms with E-state index in [4.69, 9.17) is 0 Å². The number of halogens is 1. The van der Waals surface area contributed by atoms with Crippen LogP contribution in [0.2, 0.25) is 0 Å². The highest BCUT2D eigenvalue weighted by atomic mass is 32.2. The van der Waals surface area contributed by atoms with Crippen molar-refractivity contribution in [2.75, 3.05) is 18.0 Å². The molecule has 1 saturated heterocycles. The van der Waals surface area contributed by atoms with Crippen LogP contribution in [0.15, 0.2) is 47.5 Å². The minimum absolute atomic E-state index is 0.244. The zero-order chi connectivity index (χ0) is 20.1. The van der Waals surface area contributed by atoms with E-state index in [2.05, 4.69) is 19.9 Å². The highest BCUT2D eigenvalue weighted by Crippen LogP contribution is 2.18. The number of amides is 1. The Labute approximate surface area is 164 Å². The van der Waals surface area contributed by atoms with E-state index in [1.165, 1.54) is 19.1 Å². The standard InChI is InChI=1S/C19H23FN4O3S/c1-14(23-28(26,27)17-7-3-2-6-16(17)20)19(25)22-13-15-8-9-21-18(12-15)24-10-4-5-11-24/h2-3,6-9,12,14,23H,4-5,10-11,13H2,1H3,(H,22,25)/t14-/m1/s1.